The van der Waals surface area contributed by atoms with Crippen LogP contribution in [0.2, 0.25) is 0 Å². The second kappa shape index (κ2) is 13.7. The summed E-state index contributed by atoms with van der Waals surface area (Å²) in [6.45, 7) is 2.70. The minimum atomic E-state index is -0.491. The summed E-state index contributed by atoms with van der Waals surface area (Å²) in [6, 6.07) is 13.1. The third kappa shape index (κ3) is 9.75. The van der Waals surface area contributed by atoms with Crippen molar-refractivity contribution in [3.8, 4) is 11.5 Å². The van der Waals surface area contributed by atoms with Crippen LogP contribution in [-0.4, -0.2) is 30.3 Å². The number of nitro groups is 1. The molecule has 0 heterocycles. The number of nitro benzene ring substituents is 1. The summed E-state index contributed by atoms with van der Waals surface area (Å²) in [6.07, 6.45) is 8.64. The first-order valence-electron chi connectivity index (χ1n) is 10.5. The highest BCUT2D eigenvalue weighted by molar-refractivity contribution is 5.83. The molecule has 0 radical (unpaired) electrons. The van der Waals surface area contributed by atoms with Gasteiger partial charge in [0.2, 0.25) is 0 Å². The Balaban J connectivity index is 1.65. The Morgan fingerprint density at radius 2 is 1.71 bits per heavy atom. The summed E-state index contributed by atoms with van der Waals surface area (Å²) >= 11 is 0. The second-order valence-corrected chi connectivity index (χ2v) is 7.02. The quantitative estimate of drug-likeness (QED) is 0.201. The average molecular weight is 428 g/mol. The van der Waals surface area contributed by atoms with Gasteiger partial charge in [-0.2, -0.15) is 5.10 Å². The number of non-ortho nitro benzene ring substituents is 1. The van der Waals surface area contributed by atoms with Gasteiger partial charge in [-0.25, -0.2) is 5.43 Å². The maximum Gasteiger partial charge on any atom is 0.277 e. The molecule has 0 aromatic heterocycles. The molecule has 166 valence electrons. The summed E-state index contributed by atoms with van der Waals surface area (Å²) in [5.41, 5.74) is 2.79. The van der Waals surface area contributed by atoms with Gasteiger partial charge in [-0.3, -0.25) is 14.9 Å². The van der Waals surface area contributed by atoms with E-state index in [-0.39, 0.29) is 12.3 Å². The zero-order valence-electron chi connectivity index (χ0n) is 17.8. The first-order valence-corrected chi connectivity index (χ1v) is 10.5. The molecule has 0 saturated carbocycles. The lowest BCUT2D eigenvalue weighted by atomic mass is 10.1. The van der Waals surface area contributed by atoms with Crippen molar-refractivity contribution in [1.29, 1.82) is 0 Å². The largest absolute Gasteiger partial charge is 0.494 e. The van der Waals surface area contributed by atoms with E-state index in [2.05, 4.69) is 17.5 Å². The van der Waals surface area contributed by atoms with E-state index >= 15 is 0 Å². The number of hydrogen-bond acceptors (Lipinski definition) is 6. The van der Waals surface area contributed by atoms with E-state index in [0.717, 1.165) is 12.2 Å². The fraction of sp³-hybridized carbons (Fsp3) is 0.391. The van der Waals surface area contributed by atoms with Crippen molar-refractivity contribution in [3.05, 3.63) is 64.2 Å². The molecular formula is C23H29N3O5. The molecule has 0 aliphatic carbocycles. The van der Waals surface area contributed by atoms with Gasteiger partial charge in [0.1, 0.15) is 11.5 Å². The number of nitrogens with one attached hydrogen (secondary N) is 1. The molecule has 8 heteroatoms. The number of carbonyl (C=O) groups excluding carboxylic acids is 1. The van der Waals surface area contributed by atoms with Crippen LogP contribution >= 0.6 is 0 Å². The Morgan fingerprint density at radius 3 is 2.42 bits per heavy atom. The van der Waals surface area contributed by atoms with Gasteiger partial charge < -0.3 is 9.47 Å². The molecule has 0 fully saturated rings. The fourth-order valence-electron chi connectivity index (χ4n) is 2.78. The monoisotopic (exact) mass is 427 g/mol. The Morgan fingerprint density at radius 1 is 1.03 bits per heavy atom. The average Bonchev–Trinajstić information content (AvgIpc) is 2.78. The molecule has 31 heavy (non-hydrogen) atoms. The number of hydrazone groups is 1. The summed E-state index contributed by atoms with van der Waals surface area (Å²) < 4.78 is 11.1. The number of nitrogens with zero attached hydrogens (tertiary/aromatic N) is 2. The van der Waals surface area contributed by atoms with Crippen LogP contribution in [0.3, 0.4) is 0 Å². The summed E-state index contributed by atoms with van der Waals surface area (Å²) in [4.78, 5) is 22.1. The number of amides is 1. The van der Waals surface area contributed by atoms with Crippen molar-refractivity contribution >= 4 is 17.8 Å². The first-order chi connectivity index (χ1) is 15.1. The van der Waals surface area contributed by atoms with Gasteiger partial charge in [0.05, 0.1) is 17.7 Å². The highest BCUT2D eigenvalue weighted by atomic mass is 16.6. The lowest BCUT2D eigenvalue weighted by Gasteiger charge is -2.08. The number of carbonyl (C=O) groups is 1. The van der Waals surface area contributed by atoms with Crippen LogP contribution in [0.15, 0.2) is 53.6 Å². The molecule has 1 N–H and O–H groups in total. The molecule has 8 nitrogen and oxygen atoms in total. The number of ether oxygens (including phenoxy) is 2. The molecule has 0 atom stereocenters. The molecule has 1 amide bonds. The van der Waals surface area contributed by atoms with E-state index < -0.39 is 10.8 Å². The van der Waals surface area contributed by atoms with Crippen molar-refractivity contribution in [2.24, 2.45) is 5.10 Å². The molecule has 0 bridgehead atoms. The van der Waals surface area contributed by atoms with Crippen LogP contribution < -0.4 is 14.9 Å². The minimum absolute atomic E-state index is 0.0435. The summed E-state index contributed by atoms with van der Waals surface area (Å²) in [7, 11) is 0. The van der Waals surface area contributed by atoms with Gasteiger partial charge in [0.25, 0.3) is 11.6 Å². The minimum Gasteiger partial charge on any atom is -0.494 e. The third-order valence-corrected chi connectivity index (χ3v) is 4.44. The van der Waals surface area contributed by atoms with E-state index in [0.29, 0.717) is 17.9 Å². The van der Waals surface area contributed by atoms with Crippen LogP contribution in [0.25, 0.3) is 0 Å². The Labute approximate surface area is 182 Å². The van der Waals surface area contributed by atoms with Crippen LogP contribution in [0, 0.1) is 10.1 Å². The van der Waals surface area contributed by atoms with Crippen LogP contribution in [0.1, 0.15) is 51.0 Å². The zero-order chi connectivity index (χ0) is 22.3. The molecule has 0 saturated heterocycles. The van der Waals surface area contributed by atoms with Crippen LogP contribution in [-0.2, 0) is 4.79 Å². The van der Waals surface area contributed by atoms with Crippen molar-refractivity contribution in [1.82, 2.24) is 5.43 Å². The molecule has 0 spiro atoms. The molecule has 0 aliphatic heterocycles. The van der Waals surface area contributed by atoms with Crippen molar-refractivity contribution in [2.45, 2.75) is 45.4 Å². The number of unbranched alkanes of at least 4 members (excludes halogenated alkanes) is 5. The summed E-state index contributed by atoms with van der Waals surface area (Å²) in [5.74, 6) is 0.877. The van der Waals surface area contributed by atoms with Gasteiger partial charge in [-0.15, -0.1) is 0 Å². The van der Waals surface area contributed by atoms with Crippen molar-refractivity contribution in [2.75, 3.05) is 13.2 Å². The molecule has 2 aromatic carbocycles. The smallest absolute Gasteiger partial charge is 0.277 e. The lowest BCUT2D eigenvalue weighted by Crippen LogP contribution is -2.24. The zero-order valence-corrected chi connectivity index (χ0v) is 17.8. The van der Waals surface area contributed by atoms with E-state index in [1.54, 1.807) is 24.3 Å². The standard InChI is InChI=1S/C23H29N3O5/c1-2-3-4-5-6-7-15-30-21-11-13-22(14-12-21)31-18-23(27)25-24-17-19-9-8-10-20(16-19)26(28)29/h8-14,16-17H,2-7,15,18H2,1H3,(H,25,27)/b24-17+. The molecule has 2 rings (SSSR count). The predicted octanol–water partition coefficient (Wildman–Crippen LogP) is 4.86. The van der Waals surface area contributed by atoms with Gasteiger partial charge in [0, 0.05) is 17.7 Å². The number of benzene rings is 2. The fourth-order valence-corrected chi connectivity index (χ4v) is 2.78. The number of rotatable bonds is 14. The van der Waals surface area contributed by atoms with E-state index in [1.165, 1.54) is 50.5 Å². The maximum atomic E-state index is 11.8. The molecule has 0 unspecified atom stereocenters. The van der Waals surface area contributed by atoms with E-state index in [4.69, 9.17) is 9.47 Å². The summed E-state index contributed by atoms with van der Waals surface area (Å²) in [5, 5.41) is 14.5. The highest BCUT2D eigenvalue weighted by Crippen LogP contribution is 2.18. The van der Waals surface area contributed by atoms with E-state index in [1.807, 2.05) is 12.1 Å². The van der Waals surface area contributed by atoms with Crippen LogP contribution in [0.4, 0.5) is 5.69 Å². The van der Waals surface area contributed by atoms with Gasteiger partial charge in [-0.1, -0.05) is 51.2 Å². The van der Waals surface area contributed by atoms with Gasteiger partial charge >= 0.3 is 0 Å². The highest BCUT2D eigenvalue weighted by Gasteiger charge is 2.05. The SMILES string of the molecule is CCCCCCCCOc1ccc(OCC(=O)N/N=C/c2cccc([N+](=O)[O-])c2)cc1. The lowest BCUT2D eigenvalue weighted by molar-refractivity contribution is -0.384. The Bertz CT molecular complexity index is 853. The third-order valence-electron chi connectivity index (χ3n) is 4.44. The van der Waals surface area contributed by atoms with E-state index in [9.17, 15) is 14.9 Å². The topological polar surface area (TPSA) is 103 Å². The maximum absolute atomic E-state index is 11.8. The van der Waals surface area contributed by atoms with Crippen LogP contribution in [0.5, 0.6) is 11.5 Å². The molecular weight excluding hydrogens is 398 g/mol. The van der Waals surface area contributed by atoms with Crippen molar-refractivity contribution < 1.29 is 19.2 Å². The number of hydrogen-bond donors (Lipinski definition) is 1. The Kier molecular flexibility index (Phi) is 10.6. The molecule has 0 aliphatic rings. The van der Waals surface area contributed by atoms with Crippen molar-refractivity contribution in [3.63, 3.8) is 0 Å². The second-order valence-electron chi connectivity index (χ2n) is 7.02. The Hall–Kier alpha value is -3.42. The predicted molar refractivity (Wildman–Crippen MR) is 120 cm³/mol. The molecule has 2 aromatic rings. The van der Waals surface area contributed by atoms with Gasteiger partial charge in [-0.05, 0) is 30.7 Å². The first kappa shape index (κ1) is 23.9. The van der Waals surface area contributed by atoms with Gasteiger partial charge in [0.15, 0.2) is 6.61 Å². The normalized spacial score (nSPS) is 10.7.